The van der Waals surface area contributed by atoms with E-state index < -0.39 is 9.84 Å². The Morgan fingerprint density at radius 2 is 2.15 bits per heavy atom. The van der Waals surface area contributed by atoms with E-state index in [0.29, 0.717) is 24.1 Å². The van der Waals surface area contributed by atoms with Gasteiger partial charge >= 0.3 is 0 Å². The van der Waals surface area contributed by atoms with E-state index in [1.165, 1.54) is 32.5 Å². The first-order chi connectivity index (χ1) is 9.53. The van der Waals surface area contributed by atoms with Crippen molar-refractivity contribution >= 4 is 9.84 Å². The van der Waals surface area contributed by atoms with Gasteiger partial charge in [-0.1, -0.05) is 0 Å². The maximum atomic E-state index is 11.7. The Bertz CT molecular complexity index is 440. The normalized spacial score (nSPS) is 38.8. The van der Waals surface area contributed by atoms with E-state index in [0.717, 1.165) is 19.0 Å². The molecule has 0 aromatic rings. The monoisotopic (exact) mass is 301 g/mol. The van der Waals surface area contributed by atoms with Gasteiger partial charge < -0.3 is 5.32 Å². The van der Waals surface area contributed by atoms with Crippen LogP contribution >= 0.6 is 0 Å². The van der Waals surface area contributed by atoms with Crippen LogP contribution in [0.2, 0.25) is 0 Å². The van der Waals surface area contributed by atoms with Gasteiger partial charge in [-0.2, -0.15) is 0 Å². The fraction of sp³-hybridized carbons (Fsp3) is 1.00. The summed E-state index contributed by atoms with van der Waals surface area (Å²) < 4.78 is 23.3. The number of rotatable bonds is 3. The minimum atomic E-state index is -2.80. The summed E-state index contributed by atoms with van der Waals surface area (Å²) in [6.07, 6.45) is 3.63. The fourth-order valence-corrected chi connectivity index (χ4v) is 5.43. The number of hydrogen-bond acceptors (Lipinski definition) is 5. The van der Waals surface area contributed by atoms with Gasteiger partial charge in [0.2, 0.25) is 0 Å². The standard InChI is InChI=1S/C14H27N3O2S/c1-12-9-17-6-2-3-14(17)10-16(12)7-4-13-11-20(18,19)8-5-15-13/h12-15H,2-11H2,1H3. The third-order valence-electron chi connectivity index (χ3n) is 5.13. The molecular weight excluding hydrogens is 274 g/mol. The average molecular weight is 301 g/mol. The summed E-state index contributed by atoms with van der Waals surface area (Å²) in [4.78, 5) is 5.19. The van der Waals surface area contributed by atoms with Crippen molar-refractivity contribution in [2.75, 3.05) is 44.2 Å². The van der Waals surface area contributed by atoms with E-state index in [4.69, 9.17) is 0 Å². The average Bonchev–Trinajstić information content (AvgIpc) is 2.82. The molecule has 3 atom stereocenters. The molecule has 0 aliphatic carbocycles. The highest BCUT2D eigenvalue weighted by Crippen LogP contribution is 2.24. The molecule has 3 heterocycles. The summed E-state index contributed by atoms with van der Waals surface area (Å²) in [6.45, 7) is 7.57. The highest BCUT2D eigenvalue weighted by Gasteiger charge is 2.34. The van der Waals surface area contributed by atoms with Gasteiger partial charge in [-0.3, -0.25) is 9.80 Å². The van der Waals surface area contributed by atoms with E-state index in [2.05, 4.69) is 22.0 Å². The number of piperazine rings is 1. The number of nitrogens with zero attached hydrogens (tertiary/aromatic N) is 2. The second-order valence-corrected chi connectivity index (χ2v) is 8.92. The molecule has 0 radical (unpaired) electrons. The van der Waals surface area contributed by atoms with Gasteiger partial charge in [0.25, 0.3) is 0 Å². The number of sulfone groups is 1. The van der Waals surface area contributed by atoms with Gasteiger partial charge in [0, 0.05) is 44.3 Å². The summed E-state index contributed by atoms with van der Waals surface area (Å²) in [7, 11) is -2.80. The molecule has 0 amide bonds. The quantitative estimate of drug-likeness (QED) is 0.791. The Morgan fingerprint density at radius 1 is 1.30 bits per heavy atom. The molecule has 3 saturated heterocycles. The van der Waals surface area contributed by atoms with Gasteiger partial charge in [0.15, 0.2) is 9.84 Å². The second-order valence-electron chi connectivity index (χ2n) is 6.69. The molecule has 20 heavy (non-hydrogen) atoms. The second kappa shape index (κ2) is 5.91. The predicted octanol–water partition coefficient (Wildman–Crippen LogP) is -0.0684. The van der Waals surface area contributed by atoms with E-state index in [-0.39, 0.29) is 6.04 Å². The van der Waals surface area contributed by atoms with E-state index in [1.54, 1.807) is 0 Å². The van der Waals surface area contributed by atoms with Gasteiger partial charge in [-0.25, -0.2) is 8.42 Å². The number of fused-ring (bicyclic) bond motifs is 1. The number of nitrogens with one attached hydrogen (secondary N) is 1. The third kappa shape index (κ3) is 3.35. The van der Waals surface area contributed by atoms with Crippen molar-refractivity contribution in [3.63, 3.8) is 0 Å². The molecule has 6 heteroatoms. The van der Waals surface area contributed by atoms with Crippen LogP contribution in [0.15, 0.2) is 0 Å². The van der Waals surface area contributed by atoms with Crippen LogP contribution in [-0.2, 0) is 9.84 Å². The lowest BCUT2D eigenvalue weighted by Gasteiger charge is -2.43. The SMILES string of the molecule is CC1CN2CCCC2CN1CCC1CS(=O)(=O)CCN1. The molecule has 0 aromatic heterocycles. The largest absolute Gasteiger partial charge is 0.312 e. The van der Waals surface area contributed by atoms with Crippen molar-refractivity contribution < 1.29 is 8.42 Å². The summed E-state index contributed by atoms with van der Waals surface area (Å²) in [5.74, 6) is 0.630. The van der Waals surface area contributed by atoms with Crippen LogP contribution in [0, 0.1) is 0 Å². The van der Waals surface area contributed by atoms with Crippen LogP contribution in [0.5, 0.6) is 0 Å². The third-order valence-corrected chi connectivity index (χ3v) is 6.87. The Kier molecular flexibility index (Phi) is 4.36. The lowest BCUT2D eigenvalue weighted by atomic mass is 10.1. The first-order valence-electron chi connectivity index (χ1n) is 7.95. The minimum absolute atomic E-state index is 0.155. The van der Waals surface area contributed by atoms with Crippen molar-refractivity contribution in [1.82, 2.24) is 15.1 Å². The molecule has 0 saturated carbocycles. The topological polar surface area (TPSA) is 52.7 Å². The van der Waals surface area contributed by atoms with Crippen molar-refractivity contribution in [3.05, 3.63) is 0 Å². The van der Waals surface area contributed by atoms with Crippen LogP contribution < -0.4 is 5.32 Å². The lowest BCUT2D eigenvalue weighted by Crippen LogP contribution is -2.56. The van der Waals surface area contributed by atoms with E-state index in [9.17, 15) is 8.42 Å². The Balaban J connectivity index is 1.50. The van der Waals surface area contributed by atoms with E-state index >= 15 is 0 Å². The van der Waals surface area contributed by atoms with Crippen LogP contribution in [0.4, 0.5) is 0 Å². The molecule has 3 aliphatic heterocycles. The maximum absolute atomic E-state index is 11.7. The first kappa shape index (κ1) is 14.8. The van der Waals surface area contributed by atoms with Crippen LogP contribution in [-0.4, -0.2) is 80.6 Å². The van der Waals surface area contributed by atoms with Gasteiger partial charge in [0.1, 0.15) is 0 Å². The first-order valence-corrected chi connectivity index (χ1v) is 9.77. The molecule has 116 valence electrons. The van der Waals surface area contributed by atoms with Crippen LogP contribution in [0.25, 0.3) is 0 Å². The summed E-state index contributed by atoms with van der Waals surface area (Å²) in [6, 6.07) is 1.50. The summed E-state index contributed by atoms with van der Waals surface area (Å²) in [5, 5.41) is 3.36. The number of hydrogen-bond donors (Lipinski definition) is 1. The van der Waals surface area contributed by atoms with E-state index in [1.807, 2.05) is 0 Å². The van der Waals surface area contributed by atoms with Crippen molar-refractivity contribution in [3.8, 4) is 0 Å². The zero-order valence-electron chi connectivity index (χ0n) is 12.4. The zero-order chi connectivity index (χ0) is 14.2. The Morgan fingerprint density at radius 3 is 2.95 bits per heavy atom. The lowest BCUT2D eigenvalue weighted by molar-refractivity contribution is 0.0571. The molecule has 3 aliphatic rings. The molecule has 5 nitrogen and oxygen atoms in total. The highest BCUT2D eigenvalue weighted by atomic mass is 32.2. The minimum Gasteiger partial charge on any atom is -0.312 e. The summed E-state index contributed by atoms with van der Waals surface area (Å²) in [5.41, 5.74) is 0. The molecular formula is C14H27N3O2S. The molecule has 3 fully saturated rings. The van der Waals surface area contributed by atoms with Crippen LogP contribution in [0.1, 0.15) is 26.2 Å². The molecule has 3 unspecified atom stereocenters. The van der Waals surface area contributed by atoms with Crippen molar-refractivity contribution in [1.29, 1.82) is 0 Å². The van der Waals surface area contributed by atoms with Gasteiger partial charge in [-0.15, -0.1) is 0 Å². The predicted molar refractivity (Wildman–Crippen MR) is 80.7 cm³/mol. The van der Waals surface area contributed by atoms with Gasteiger partial charge in [-0.05, 0) is 32.7 Å². The Hall–Kier alpha value is -0.170. The molecule has 3 rings (SSSR count). The van der Waals surface area contributed by atoms with Crippen molar-refractivity contribution in [2.45, 2.75) is 44.3 Å². The molecule has 1 N–H and O–H groups in total. The molecule has 0 aromatic carbocycles. The van der Waals surface area contributed by atoms with Crippen LogP contribution in [0.3, 0.4) is 0 Å². The van der Waals surface area contributed by atoms with Gasteiger partial charge in [0.05, 0.1) is 11.5 Å². The Labute approximate surface area is 122 Å². The van der Waals surface area contributed by atoms with Crippen molar-refractivity contribution in [2.24, 2.45) is 0 Å². The summed E-state index contributed by atoms with van der Waals surface area (Å²) >= 11 is 0. The smallest absolute Gasteiger partial charge is 0.153 e. The molecule has 0 spiro atoms. The fourth-order valence-electron chi connectivity index (χ4n) is 3.93. The zero-order valence-corrected chi connectivity index (χ0v) is 13.2. The molecule has 0 bridgehead atoms. The maximum Gasteiger partial charge on any atom is 0.153 e. The highest BCUT2D eigenvalue weighted by molar-refractivity contribution is 7.91.